The number of piperazine rings is 1. The molecule has 0 bridgehead atoms. The molecule has 0 atom stereocenters. The predicted molar refractivity (Wildman–Crippen MR) is 80.9 cm³/mol. The Morgan fingerprint density at radius 2 is 1.87 bits per heavy atom. The zero-order valence-electron chi connectivity index (χ0n) is 13.1. The summed E-state index contributed by atoms with van der Waals surface area (Å²) in [5, 5.41) is 8.83. The van der Waals surface area contributed by atoms with E-state index in [0.29, 0.717) is 18.1 Å². The van der Waals surface area contributed by atoms with E-state index in [2.05, 4.69) is 35.1 Å². The number of hydrogen-bond acceptors (Lipinski definition) is 9. The van der Waals surface area contributed by atoms with Gasteiger partial charge in [0.15, 0.2) is 5.82 Å². The molecule has 0 amide bonds. The minimum absolute atomic E-state index is 0.539. The molecule has 0 unspecified atom stereocenters. The first kappa shape index (κ1) is 14.1. The summed E-state index contributed by atoms with van der Waals surface area (Å²) in [6, 6.07) is 0. The van der Waals surface area contributed by atoms with Gasteiger partial charge in [-0.2, -0.15) is 9.97 Å². The van der Waals surface area contributed by atoms with E-state index >= 15 is 0 Å². The highest BCUT2D eigenvalue weighted by atomic mass is 16.5. The van der Waals surface area contributed by atoms with Crippen LogP contribution in [0.4, 0.5) is 5.82 Å². The van der Waals surface area contributed by atoms with Gasteiger partial charge in [0.25, 0.3) is 5.71 Å². The van der Waals surface area contributed by atoms with Crippen LogP contribution >= 0.6 is 0 Å². The van der Waals surface area contributed by atoms with Crippen LogP contribution in [0.2, 0.25) is 0 Å². The van der Waals surface area contributed by atoms with Crippen molar-refractivity contribution in [3.05, 3.63) is 23.7 Å². The Bertz CT molecular complexity index is 820. The number of aromatic nitrogens is 5. The fourth-order valence-corrected chi connectivity index (χ4v) is 2.87. The average molecular weight is 315 g/mol. The van der Waals surface area contributed by atoms with Gasteiger partial charge in [0.1, 0.15) is 17.5 Å². The first-order valence-electron chi connectivity index (χ1n) is 7.54. The molecule has 9 heteroatoms. The molecule has 1 aliphatic heterocycles. The van der Waals surface area contributed by atoms with E-state index in [4.69, 9.17) is 9.05 Å². The van der Waals surface area contributed by atoms with Crippen LogP contribution in [0.3, 0.4) is 0 Å². The van der Waals surface area contributed by atoms with Gasteiger partial charge >= 0.3 is 0 Å². The molecule has 9 nitrogen and oxygen atoms in total. The normalized spacial score (nSPS) is 16.3. The van der Waals surface area contributed by atoms with Gasteiger partial charge in [-0.05, 0) is 6.92 Å². The fourth-order valence-electron chi connectivity index (χ4n) is 2.87. The second-order valence-corrected chi connectivity index (χ2v) is 5.64. The van der Waals surface area contributed by atoms with Gasteiger partial charge in [0.05, 0.1) is 12.2 Å². The Balaban J connectivity index is 1.47. The molecule has 1 fully saturated rings. The SMILES string of the molecule is Cc1nc(CN2CCN(c3ncnc4onc(C)c34)CC2)no1. The van der Waals surface area contributed by atoms with Gasteiger partial charge < -0.3 is 13.9 Å². The molecular weight excluding hydrogens is 298 g/mol. The minimum Gasteiger partial charge on any atom is -0.353 e. The van der Waals surface area contributed by atoms with Crippen molar-refractivity contribution >= 4 is 16.9 Å². The van der Waals surface area contributed by atoms with Crippen molar-refractivity contribution in [2.24, 2.45) is 0 Å². The first-order chi connectivity index (χ1) is 11.2. The third kappa shape index (κ3) is 2.63. The zero-order chi connectivity index (χ0) is 15.8. The quantitative estimate of drug-likeness (QED) is 0.699. The van der Waals surface area contributed by atoms with Crippen molar-refractivity contribution in [2.75, 3.05) is 31.1 Å². The van der Waals surface area contributed by atoms with Crippen LogP contribution in [-0.4, -0.2) is 56.3 Å². The van der Waals surface area contributed by atoms with E-state index in [9.17, 15) is 0 Å². The number of rotatable bonds is 3. The summed E-state index contributed by atoms with van der Waals surface area (Å²) >= 11 is 0. The minimum atomic E-state index is 0.539. The molecule has 3 aromatic rings. The smallest absolute Gasteiger partial charge is 0.263 e. The predicted octanol–water partition coefficient (Wildman–Crippen LogP) is 0.940. The summed E-state index contributed by atoms with van der Waals surface area (Å²) in [6.45, 7) is 7.97. The number of anilines is 1. The van der Waals surface area contributed by atoms with Gasteiger partial charge in [0.2, 0.25) is 5.89 Å². The largest absolute Gasteiger partial charge is 0.353 e. The first-order valence-corrected chi connectivity index (χ1v) is 7.54. The van der Waals surface area contributed by atoms with Gasteiger partial charge in [0, 0.05) is 33.1 Å². The van der Waals surface area contributed by atoms with Crippen LogP contribution in [-0.2, 0) is 6.54 Å². The van der Waals surface area contributed by atoms with Crippen molar-refractivity contribution in [1.29, 1.82) is 0 Å². The van der Waals surface area contributed by atoms with Crippen LogP contribution in [0.15, 0.2) is 15.4 Å². The van der Waals surface area contributed by atoms with Crippen LogP contribution in [0.5, 0.6) is 0 Å². The Morgan fingerprint density at radius 1 is 1.04 bits per heavy atom. The van der Waals surface area contributed by atoms with E-state index < -0.39 is 0 Å². The lowest BCUT2D eigenvalue weighted by atomic mass is 10.2. The lowest BCUT2D eigenvalue weighted by Gasteiger charge is -2.34. The molecule has 120 valence electrons. The second kappa shape index (κ2) is 5.58. The van der Waals surface area contributed by atoms with Crippen LogP contribution in [0, 0.1) is 13.8 Å². The van der Waals surface area contributed by atoms with E-state index in [-0.39, 0.29) is 0 Å². The van der Waals surface area contributed by atoms with Crippen LogP contribution in [0.1, 0.15) is 17.4 Å². The summed E-state index contributed by atoms with van der Waals surface area (Å²) in [5.74, 6) is 2.23. The number of hydrogen-bond donors (Lipinski definition) is 0. The summed E-state index contributed by atoms with van der Waals surface area (Å²) in [4.78, 5) is 17.4. The summed E-state index contributed by atoms with van der Waals surface area (Å²) in [5.41, 5.74) is 1.36. The van der Waals surface area contributed by atoms with Crippen molar-refractivity contribution in [3.63, 3.8) is 0 Å². The van der Waals surface area contributed by atoms with Gasteiger partial charge in [-0.3, -0.25) is 4.90 Å². The third-order valence-corrected chi connectivity index (χ3v) is 4.03. The molecule has 0 N–H and O–H groups in total. The number of aryl methyl sites for hydroxylation is 2. The average Bonchev–Trinajstić information content (AvgIpc) is 3.14. The highest BCUT2D eigenvalue weighted by molar-refractivity contribution is 5.87. The molecule has 0 aliphatic carbocycles. The van der Waals surface area contributed by atoms with Crippen molar-refractivity contribution in [1.82, 2.24) is 30.2 Å². The van der Waals surface area contributed by atoms with Gasteiger partial charge in [-0.25, -0.2) is 4.98 Å². The summed E-state index contributed by atoms with van der Waals surface area (Å²) in [6.07, 6.45) is 1.52. The highest BCUT2D eigenvalue weighted by Gasteiger charge is 2.23. The third-order valence-electron chi connectivity index (χ3n) is 4.03. The van der Waals surface area contributed by atoms with Gasteiger partial charge in [-0.15, -0.1) is 0 Å². The van der Waals surface area contributed by atoms with Gasteiger partial charge in [-0.1, -0.05) is 10.3 Å². The molecule has 4 heterocycles. The summed E-state index contributed by atoms with van der Waals surface area (Å²) < 4.78 is 10.2. The van der Waals surface area contributed by atoms with Crippen LogP contribution in [0.25, 0.3) is 11.1 Å². The standard InChI is InChI=1S/C14H17N7O2/c1-9-12-13(15-8-16-14(12)23-18-9)21-5-3-20(4-6-21)7-11-17-10(2)22-19-11/h8H,3-7H2,1-2H3. The maximum absolute atomic E-state index is 5.22. The van der Waals surface area contributed by atoms with Crippen molar-refractivity contribution in [3.8, 4) is 0 Å². The maximum Gasteiger partial charge on any atom is 0.263 e. The molecule has 0 radical (unpaired) electrons. The topological polar surface area (TPSA) is 97.2 Å². The summed E-state index contributed by atoms with van der Waals surface area (Å²) in [7, 11) is 0. The van der Waals surface area contributed by atoms with E-state index in [0.717, 1.165) is 48.9 Å². The molecule has 4 rings (SSSR count). The zero-order valence-corrected chi connectivity index (χ0v) is 13.1. The highest BCUT2D eigenvalue weighted by Crippen LogP contribution is 2.26. The molecule has 0 saturated carbocycles. The lowest BCUT2D eigenvalue weighted by Crippen LogP contribution is -2.46. The van der Waals surface area contributed by atoms with Crippen LogP contribution < -0.4 is 4.90 Å². The molecule has 23 heavy (non-hydrogen) atoms. The Hall–Kier alpha value is -2.55. The number of nitrogens with zero attached hydrogens (tertiary/aromatic N) is 7. The number of fused-ring (bicyclic) bond motifs is 1. The Morgan fingerprint density at radius 3 is 2.61 bits per heavy atom. The Labute approximate surface area is 132 Å². The molecular formula is C14H17N7O2. The monoisotopic (exact) mass is 315 g/mol. The molecule has 1 aliphatic rings. The molecule has 3 aromatic heterocycles. The lowest BCUT2D eigenvalue weighted by molar-refractivity contribution is 0.239. The van der Waals surface area contributed by atoms with E-state index in [1.807, 2.05) is 6.92 Å². The molecule has 0 aromatic carbocycles. The van der Waals surface area contributed by atoms with E-state index in [1.54, 1.807) is 6.92 Å². The van der Waals surface area contributed by atoms with E-state index in [1.165, 1.54) is 6.33 Å². The Kier molecular flexibility index (Phi) is 3.41. The maximum atomic E-state index is 5.22. The second-order valence-electron chi connectivity index (χ2n) is 5.64. The molecule has 0 spiro atoms. The fraction of sp³-hybridized carbons (Fsp3) is 0.500. The van der Waals surface area contributed by atoms with Crippen molar-refractivity contribution in [2.45, 2.75) is 20.4 Å². The van der Waals surface area contributed by atoms with Crippen molar-refractivity contribution < 1.29 is 9.05 Å². The molecule has 1 saturated heterocycles.